The molecule has 0 saturated carbocycles. The third-order valence-corrected chi connectivity index (χ3v) is 5.41. The van der Waals surface area contributed by atoms with Crippen molar-refractivity contribution in [1.29, 1.82) is 0 Å². The number of carbonyl (C=O) groups is 4. The summed E-state index contributed by atoms with van der Waals surface area (Å²) in [5.74, 6) is -2.36. The third kappa shape index (κ3) is 2.78. The number of para-hydroxylation sites is 1. The Morgan fingerprint density at radius 2 is 1.79 bits per heavy atom. The summed E-state index contributed by atoms with van der Waals surface area (Å²) < 4.78 is 0. The maximum atomic E-state index is 13.0. The van der Waals surface area contributed by atoms with E-state index >= 15 is 0 Å². The lowest BCUT2D eigenvalue weighted by atomic mass is 10.1. The Morgan fingerprint density at radius 1 is 1.04 bits per heavy atom. The number of aryl methyl sites for hydroxylation is 1. The highest BCUT2D eigenvalue weighted by Crippen LogP contribution is 2.45. The average molecular weight is 394 g/mol. The number of hydrogen-bond acceptors (Lipinski definition) is 5. The Kier molecular flexibility index (Phi) is 4.27. The molecular weight excluding hydrogens is 380 g/mol. The van der Waals surface area contributed by atoms with E-state index in [1.54, 1.807) is 42.5 Å². The van der Waals surface area contributed by atoms with Gasteiger partial charge in [-0.05, 0) is 42.4 Å². The molecular formula is C20H14N2O5S. The topological polar surface area (TPSA) is 95.0 Å². The molecule has 1 N–H and O–H groups in total. The number of thioether (sulfide) groups is 1. The molecule has 140 valence electrons. The van der Waals surface area contributed by atoms with Crippen LogP contribution >= 0.6 is 11.8 Å². The van der Waals surface area contributed by atoms with Gasteiger partial charge in [-0.1, -0.05) is 30.3 Å². The number of carboxylic acid groups (broad SMARTS) is 1. The maximum absolute atomic E-state index is 13.0. The second-order valence-electron chi connectivity index (χ2n) is 6.35. The standard InChI is InChI=1S/C20H14N2O5S/c1-11-5-4-6-12(9-11)22-19(26)17(28-20(22)27)16-13-7-2-3-8-14(13)21(18(16)25)10-15(23)24/h2-9H,10H2,1H3,(H,23,24)/b17-16-. The van der Waals surface area contributed by atoms with E-state index in [0.29, 0.717) is 28.7 Å². The van der Waals surface area contributed by atoms with Gasteiger partial charge in [0.25, 0.3) is 17.1 Å². The molecule has 3 amide bonds. The van der Waals surface area contributed by atoms with E-state index in [1.165, 1.54) is 0 Å². The molecule has 28 heavy (non-hydrogen) atoms. The number of rotatable bonds is 3. The van der Waals surface area contributed by atoms with Crippen LogP contribution < -0.4 is 9.80 Å². The number of aliphatic carboxylic acids is 1. The number of carbonyl (C=O) groups excluding carboxylic acids is 3. The molecule has 2 aliphatic rings. The van der Waals surface area contributed by atoms with Crippen LogP contribution in [-0.4, -0.2) is 34.7 Å². The summed E-state index contributed by atoms with van der Waals surface area (Å²) in [7, 11) is 0. The number of benzene rings is 2. The van der Waals surface area contributed by atoms with E-state index in [9.17, 15) is 19.2 Å². The van der Waals surface area contributed by atoms with Gasteiger partial charge in [-0.25, -0.2) is 4.90 Å². The highest BCUT2D eigenvalue weighted by molar-refractivity contribution is 8.19. The van der Waals surface area contributed by atoms with Gasteiger partial charge in [-0.3, -0.25) is 24.1 Å². The SMILES string of the molecule is Cc1cccc(N2C(=O)S/C(=C3\C(=O)N(CC(=O)O)c4ccccc43)C2=O)c1. The zero-order valence-electron chi connectivity index (χ0n) is 14.7. The van der Waals surface area contributed by atoms with Crippen LogP contribution in [0.5, 0.6) is 0 Å². The predicted octanol–water partition coefficient (Wildman–Crippen LogP) is 3.04. The molecule has 8 heteroatoms. The van der Waals surface area contributed by atoms with Crippen molar-refractivity contribution >= 4 is 51.7 Å². The lowest BCUT2D eigenvalue weighted by Crippen LogP contribution is -2.32. The molecule has 1 saturated heterocycles. The molecule has 4 rings (SSSR count). The van der Waals surface area contributed by atoms with Gasteiger partial charge in [-0.15, -0.1) is 0 Å². The number of amides is 3. The fourth-order valence-corrected chi connectivity index (χ4v) is 4.23. The summed E-state index contributed by atoms with van der Waals surface area (Å²) in [5.41, 5.74) is 2.24. The molecule has 7 nitrogen and oxygen atoms in total. The summed E-state index contributed by atoms with van der Waals surface area (Å²) in [5, 5.41) is 8.64. The van der Waals surface area contributed by atoms with Crippen LogP contribution in [0.1, 0.15) is 11.1 Å². The Labute approximate surface area is 164 Å². The van der Waals surface area contributed by atoms with Gasteiger partial charge in [-0.2, -0.15) is 0 Å². The molecule has 2 heterocycles. The second-order valence-corrected chi connectivity index (χ2v) is 7.32. The smallest absolute Gasteiger partial charge is 0.323 e. The fraction of sp³-hybridized carbons (Fsp3) is 0.100. The molecule has 0 unspecified atom stereocenters. The number of fused-ring (bicyclic) bond motifs is 1. The van der Waals surface area contributed by atoms with Crippen LogP contribution in [0.15, 0.2) is 53.4 Å². The van der Waals surface area contributed by atoms with E-state index in [1.807, 2.05) is 13.0 Å². The third-order valence-electron chi connectivity index (χ3n) is 4.47. The van der Waals surface area contributed by atoms with Crippen molar-refractivity contribution in [3.63, 3.8) is 0 Å². The summed E-state index contributed by atoms with van der Waals surface area (Å²) >= 11 is 0.690. The summed E-state index contributed by atoms with van der Waals surface area (Å²) in [6, 6.07) is 13.6. The molecule has 2 aliphatic heterocycles. The normalized spacial score (nSPS) is 18.8. The number of imide groups is 1. The summed E-state index contributed by atoms with van der Waals surface area (Å²) in [4.78, 5) is 51.9. The molecule has 0 aliphatic carbocycles. The van der Waals surface area contributed by atoms with E-state index in [2.05, 4.69) is 0 Å². The van der Waals surface area contributed by atoms with Gasteiger partial charge in [0.05, 0.1) is 21.9 Å². The maximum Gasteiger partial charge on any atom is 0.323 e. The van der Waals surface area contributed by atoms with Gasteiger partial charge in [0.2, 0.25) is 0 Å². The number of carboxylic acids is 1. The molecule has 0 spiro atoms. The molecule has 0 aromatic heterocycles. The zero-order chi connectivity index (χ0) is 20.0. The molecule has 0 radical (unpaired) electrons. The largest absolute Gasteiger partial charge is 0.480 e. The first-order valence-corrected chi connectivity index (χ1v) is 9.20. The Bertz CT molecular complexity index is 1090. The van der Waals surface area contributed by atoms with Crippen molar-refractivity contribution in [2.75, 3.05) is 16.3 Å². The second kappa shape index (κ2) is 6.65. The highest BCUT2D eigenvalue weighted by Gasteiger charge is 2.44. The number of hydrogen-bond donors (Lipinski definition) is 1. The first-order chi connectivity index (χ1) is 13.4. The molecule has 2 aromatic carbocycles. The van der Waals surface area contributed by atoms with Crippen LogP contribution in [0.4, 0.5) is 16.2 Å². The summed E-state index contributed by atoms with van der Waals surface area (Å²) in [6.45, 7) is 1.32. The van der Waals surface area contributed by atoms with Crippen LogP contribution in [-0.2, 0) is 14.4 Å². The van der Waals surface area contributed by atoms with Crippen LogP contribution in [0.3, 0.4) is 0 Å². The molecule has 0 bridgehead atoms. The first kappa shape index (κ1) is 18.0. The summed E-state index contributed by atoms with van der Waals surface area (Å²) in [6.07, 6.45) is 0. The van der Waals surface area contributed by atoms with Gasteiger partial charge in [0.1, 0.15) is 6.54 Å². The number of anilines is 2. The fourth-order valence-electron chi connectivity index (χ4n) is 3.30. The minimum atomic E-state index is -1.17. The van der Waals surface area contributed by atoms with E-state index in [-0.39, 0.29) is 10.5 Å². The van der Waals surface area contributed by atoms with Crippen molar-refractivity contribution in [2.45, 2.75) is 6.92 Å². The predicted molar refractivity (Wildman–Crippen MR) is 105 cm³/mol. The van der Waals surface area contributed by atoms with Crippen molar-refractivity contribution in [1.82, 2.24) is 0 Å². The lowest BCUT2D eigenvalue weighted by molar-refractivity contribution is -0.136. The average Bonchev–Trinajstić information content (AvgIpc) is 3.08. The van der Waals surface area contributed by atoms with Crippen molar-refractivity contribution in [3.8, 4) is 0 Å². The quantitative estimate of drug-likeness (QED) is 0.804. The van der Waals surface area contributed by atoms with E-state index < -0.39 is 29.6 Å². The van der Waals surface area contributed by atoms with Crippen molar-refractivity contribution < 1.29 is 24.3 Å². The van der Waals surface area contributed by atoms with E-state index in [0.717, 1.165) is 15.4 Å². The Balaban J connectivity index is 1.83. The van der Waals surface area contributed by atoms with Gasteiger partial charge >= 0.3 is 5.97 Å². The lowest BCUT2D eigenvalue weighted by Gasteiger charge is -2.14. The minimum absolute atomic E-state index is 0.0110. The van der Waals surface area contributed by atoms with Crippen molar-refractivity contribution in [3.05, 3.63) is 64.6 Å². The Morgan fingerprint density at radius 3 is 2.50 bits per heavy atom. The first-order valence-electron chi connectivity index (χ1n) is 8.38. The van der Waals surface area contributed by atoms with E-state index in [4.69, 9.17) is 5.11 Å². The van der Waals surface area contributed by atoms with Gasteiger partial charge < -0.3 is 5.11 Å². The molecule has 2 aromatic rings. The zero-order valence-corrected chi connectivity index (χ0v) is 15.5. The minimum Gasteiger partial charge on any atom is -0.480 e. The van der Waals surface area contributed by atoms with Crippen LogP contribution in [0, 0.1) is 6.92 Å². The van der Waals surface area contributed by atoms with Crippen LogP contribution in [0.2, 0.25) is 0 Å². The van der Waals surface area contributed by atoms with Crippen molar-refractivity contribution in [2.24, 2.45) is 0 Å². The van der Waals surface area contributed by atoms with Crippen LogP contribution in [0.25, 0.3) is 5.57 Å². The monoisotopic (exact) mass is 394 g/mol. The van der Waals surface area contributed by atoms with Gasteiger partial charge in [0, 0.05) is 5.56 Å². The van der Waals surface area contributed by atoms with Gasteiger partial charge in [0.15, 0.2) is 0 Å². The Hall–Kier alpha value is -3.39. The molecule has 1 fully saturated rings. The highest BCUT2D eigenvalue weighted by atomic mass is 32.2. The number of nitrogens with zero attached hydrogens (tertiary/aromatic N) is 2. The molecule has 0 atom stereocenters.